The van der Waals surface area contributed by atoms with E-state index in [-0.39, 0.29) is 11.8 Å². The van der Waals surface area contributed by atoms with Crippen molar-refractivity contribution in [3.8, 4) is 10.6 Å². The molecule has 1 atom stereocenters. The molecule has 27 heavy (non-hydrogen) atoms. The number of aliphatic hydroxyl groups is 1. The van der Waals surface area contributed by atoms with Gasteiger partial charge in [0.05, 0.1) is 6.10 Å². The molecular weight excluding hydrogens is 356 g/mol. The lowest BCUT2D eigenvalue weighted by Crippen LogP contribution is -2.39. The van der Waals surface area contributed by atoms with Crippen LogP contribution in [0, 0.1) is 5.92 Å². The van der Waals surface area contributed by atoms with Gasteiger partial charge >= 0.3 is 0 Å². The number of likely N-dealkylation sites (tertiary alicyclic amines) is 1. The maximum atomic E-state index is 12.8. The summed E-state index contributed by atoms with van der Waals surface area (Å²) in [5.41, 5.74) is 2.50. The number of aromatic nitrogens is 1. The van der Waals surface area contributed by atoms with E-state index in [2.05, 4.69) is 4.98 Å². The van der Waals surface area contributed by atoms with Crippen LogP contribution in [0.5, 0.6) is 0 Å². The summed E-state index contributed by atoms with van der Waals surface area (Å²) in [6.07, 6.45) is 1.14. The highest BCUT2D eigenvalue weighted by Gasteiger charge is 2.29. The molecule has 138 valence electrons. The van der Waals surface area contributed by atoms with E-state index in [4.69, 9.17) is 0 Å². The van der Waals surface area contributed by atoms with Gasteiger partial charge in [-0.2, -0.15) is 0 Å². The van der Waals surface area contributed by atoms with Gasteiger partial charge < -0.3 is 10.0 Å². The van der Waals surface area contributed by atoms with Crippen molar-refractivity contribution < 1.29 is 9.90 Å². The molecule has 1 aliphatic rings. The lowest BCUT2D eigenvalue weighted by Gasteiger charge is -2.34. The van der Waals surface area contributed by atoms with Crippen molar-refractivity contribution in [3.63, 3.8) is 0 Å². The second-order valence-electron chi connectivity index (χ2n) is 6.89. The first kappa shape index (κ1) is 17.9. The van der Waals surface area contributed by atoms with Gasteiger partial charge in [-0.15, -0.1) is 11.3 Å². The minimum atomic E-state index is -0.465. The number of piperidine rings is 1. The van der Waals surface area contributed by atoms with Gasteiger partial charge in [0.1, 0.15) is 10.7 Å². The van der Waals surface area contributed by atoms with Crippen LogP contribution in [-0.4, -0.2) is 34.0 Å². The number of aliphatic hydroxyl groups excluding tert-OH is 1. The Bertz CT molecular complexity index is 887. The topological polar surface area (TPSA) is 53.4 Å². The molecule has 4 nitrogen and oxygen atoms in total. The molecule has 5 heteroatoms. The molecule has 1 unspecified atom stereocenters. The van der Waals surface area contributed by atoms with Gasteiger partial charge in [-0.3, -0.25) is 4.79 Å². The number of hydrogen-bond donors (Lipinski definition) is 1. The monoisotopic (exact) mass is 378 g/mol. The molecule has 2 aromatic carbocycles. The summed E-state index contributed by atoms with van der Waals surface area (Å²) >= 11 is 1.50. The zero-order chi connectivity index (χ0) is 18.6. The van der Waals surface area contributed by atoms with Gasteiger partial charge in [-0.25, -0.2) is 4.98 Å². The van der Waals surface area contributed by atoms with E-state index in [1.165, 1.54) is 11.3 Å². The number of carbonyl (C=O) groups is 1. The normalized spacial score (nSPS) is 16.3. The Hall–Kier alpha value is -2.50. The van der Waals surface area contributed by atoms with E-state index in [1.807, 2.05) is 70.9 Å². The SMILES string of the molecule is O=C(c1csc(-c2ccccc2)n1)N1CCC(C(O)c2ccccc2)CC1. The van der Waals surface area contributed by atoms with Gasteiger partial charge in [0.25, 0.3) is 5.91 Å². The second-order valence-corrected chi connectivity index (χ2v) is 7.75. The number of amides is 1. The number of carbonyl (C=O) groups excluding carboxylic acids is 1. The lowest BCUT2D eigenvalue weighted by atomic mass is 9.87. The fourth-order valence-electron chi connectivity index (χ4n) is 3.59. The summed E-state index contributed by atoms with van der Waals surface area (Å²) in [6.45, 7) is 1.32. The van der Waals surface area contributed by atoms with Crippen LogP contribution in [0.1, 0.15) is 35.0 Å². The average molecular weight is 378 g/mol. The van der Waals surface area contributed by atoms with Crippen LogP contribution in [0.4, 0.5) is 0 Å². The van der Waals surface area contributed by atoms with Crippen molar-refractivity contribution in [3.05, 3.63) is 77.3 Å². The smallest absolute Gasteiger partial charge is 0.273 e. The Labute approximate surface area is 163 Å². The minimum absolute atomic E-state index is 0.0129. The zero-order valence-corrected chi connectivity index (χ0v) is 15.8. The molecule has 0 bridgehead atoms. The van der Waals surface area contributed by atoms with Crippen LogP contribution in [0.3, 0.4) is 0 Å². The summed E-state index contributed by atoms with van der Waals surface area (Å²) in [6, 6.07) is 19.7. The molecule has 0 radical (unpaired) electrons. The second kappa shape index (κ2) is 8.03. The van der Waals surface area contributed by atoms with Crippen LogP contribution in [0.2, 0.25) is 0 Å². The summed E-state index contributed by atoms with van der Waals surface area (Å²) in [5, 5.41) is 13.3. The first-order chi connectivity index (χ1) is 13.2. The molecule has 1 saturated heterocycles. The molecule has 0 aliphatic carbocycles. The van der Waals surface area contributed by atoms with Crippen LogP contribution in [0.25, 0.3) is 10.6 Å². The van der Waals surface area contributed by atoms with Gasteiger partial charge in [-0.05, 0) is 24.3 Å². The average Bonchev–Trinajstić information content (AvgIpc) is 3.24. The van der Waals surface area contributed by atoms with Crippen LogP contribution in [0.15, 0.2) is 66.0 Å². The number of benzene rings is 2. The Morgan fingerprint density at radius 3 is 2.33 bits per heavy atom. The Morgan fingerprint density at radius 2 is 1.67 bits per heavy atom. The molecule has 2 heterocycles. The van der Waals surface area contributed by atoms with Crippen molar-refractivity contribution in [1.82, 2.24) is 9.88 Å². The molecular formula is C22H22N2O2S. The van der Waals surface area contributed by atoms with Crippen LogP contribution < -0.4 is 0 Å². The lowest BCUT2D eigenvalue weighted by molar-refractivity contribution is 0.0459. The third-order valence-corrected chi connectivity index (χ3v) is 6.05. The summed E-state index contributed by atoms with van der Waals surface area (Å²) in [7, 11) is 0. The molecule has 1 N–H and O–H groups in total. The van der Waals surface area contributed by atoms with Crippen molar-refractivity contribution >= 4 is 17.2 Å². The number of rotatable bonds is 4. The minimum Gasteiger partial charge on any atom is -0.388 e. The van der Waals surface area contributed by atoms with E-state index in [0.29, 0.717) is 18.8 Å². The Morgan fingerprint density at radius 1 is 1.04 bits per heavy atom. The van der Waals surface area contributed by atoms with E-state index in [9.17, 15) is 9.90 Å². The number of nitrogens with zero attached hydrogens (tertiary/aromatic N) is 2. The molecule has 1 amide bonds. The summed E-state index contributed by atoms with van der Waals surface area (Å²) < 4.78 is 0. The van der Waals surface area contributed by atoms with Gasteiger partial charge in [0, 0.05) is 24.0 Å². The highest BCUT2D eigenvalue weighted by atomic mass is 32.1. The Kier molecular flexibility index (Phi) is 5.32. The molecule has 1 fully saturated rings. The fourth-order valence-corrected chi connectivity index (χ4v) is 4.39. The van der Waals surface area contributed by atoms with Crippen molar-refractivity contribution in [2.75, 3.05) is 13.1 Å². The maximum absolute atomic E-state index is 12.8. The molecule has 1 aliphatic heterocycles. The fraction of sp³-hybridized carbons (Fsp3) is 0.273. The molecule has 1 aromatic heterocycles. The third-order valence-electron chi connectivity index (χ3n) is 5.16. The van der Waals surface area contributed by atoms with E-state index < -0.39 is 6.10 Å². The molecule has 4 rings (SSSR count). The Balaban J connectivity index is 1.38. The summed E-state index contributed by atoms with van der Waals surface area (Å²) in [4.78, 5) is 19.2. The van der Waals surface area contributed by atoms with Crippen molar-refractivity contribution in [1.29, 1.82) is 0 Å². The standard InChI is InChI=1S/C22H22N2O2S/c25-20(16-7-3-1-4-8-16)17-11-13-24(14-12-17)22(26)19-15-27-21(23-19)18-9-5-2-6-10-18/h1-10,15,17,20,25H,11-14H2. The van der Waals surface area contributed by atoms with Crippen molar-refractivity contribution in [2.45, 2.75) is 18.9 Å². The number of hydrogen-bond acceptors (Lipinski definition) is 4. The van der Waals surface area contributed by atoms with Crippen molar-refractivity contribution in [2.24, 2.45) is 5.92 Å². The number of thiazole rings is 1. The van der Waals surface area contributed by atoms with E-state index >= 15 is 0 Å². The zero-order valence-electron chi connectivity index (χ0n) is 15.0. The highest BCUT2D eigenvalue weighted by molar-refractivity contribution is 7.13. The molecule has 0 spiro atoms. The third kappa shape index (κ3) is 3.94. The van der Waals surface area contributed by atoms with Gasteiger partial charge in [0.2, 0.25) is 0 Å². The quantitative estimate of drug-likeness (QED) is 0.732. The van der Waals surface area contributed by atoms with Gasteiger partial charge in [0.15, 0.2) is 0 Å². The molecule has 3 aromatic rings. The predicted octanol–water partition coefficient (Wildman–Crippen LogP) is 4.40. The predicted molar refractivity (Wildman–Crippen MR) is 108 cm³/mol. The summed E-state index contributed by atoms with van der Waals surface area (Å²) in [5.74, 6) is 0.174. The first-order valence-corrected chi connectivity index (χ1v) is 10.1. The van der Waals surface area contributed by atoms with Crippen LogP contribution in [-0.2, 0) is 0 Å². The van der Waals surface area contributed by atoms with E-state index in [0.717, 1.165) is 29.0 Å². The maximum Gasteiger partial charge on any atom is 0.273 e. The highest BCUT2D eigenvalue weighted by Crippen LogP contribution is 2.31. The first-order valence-electron chi connectivity index (χ1n) is 9.25. The van der Waals surface area contributed by atoms with Gasteiger partial charge in [-0.1, -0.05) is 60.7 Å². The van der Waals surface area contributed by atoms with E-state index in [1.54, 1.807) is 0 Å². The van der Waals surface area contributed by atoms with Crippen LogP contribution >= 0.6 is 11.3 Å². The molecule has 0 saturated carbocycles. The largest absolute Gasteiger partial charge is 0.388 e.